The van der Waals surface area contributed by atoms with E-state index in [0.29, 0.717) is 12.5 Å². The van der Waals surface area contributed by atoms with Crippen molar-refractivity contribution in [3.05, 3.63) is 23.8 Å². The third-order valence-corrected chi connectivity index (χ3v) is 3.14. The molecule has 0 amide bonds. The number of nitrogens with one attached hydrogen (secondary N) is 1. The molecular formula is C17H29NO3. The molecule has 1 aromatic rings. The third-order valence-electron chi connectivity index (χ3n) is 3.14. The predicted molar refractivity (Wildman–Crippen MR) is 86.1 cm³/mol. The predicted octanol–water partition coefficient (Wildman–Crippen LogP) is 3.25. The second-order valence-corrected chi connectivity index (χ2v) is 5.55. The largest absolute Gasteiger partial charge is 0.497 e. The number of hydrogen-bond donors (Lipinski definition) is 1. The van der Waals surface area contributed by atoms with Crippen LogP contribution in [0.1, 0.15) is 32.3 Å². The first-order valence-electron chi connectivity index (χ1n) is 7.66. The van der Waals surface area contributed by atoms with Gasteiger partial charge in [0.2, 0.25) is 0 Å². The lowest BCUT2D eigenvalue weighted by Crippen LogP contribution is -2.19. The molecule has 120 valence electrons. The van der Waals surface area contributed by atoms with Crippen LogP contribution in [0.4, 0.5) is 0 Å². The van der Waals surface area contributed by atoms with Crippen molar-refractivity contribution >= 4 is 0 Å². The van der Waals surface area contributed by atoms with Crippen molar-refractivity contribution in [2.45, 2.75) is 33.2 Å². The van der Waals surface area contributed by atoms with Crippen molar-refractivity contribution in [3.63, 3.8) is 0 Å². The van der Waals surface area contributed by atoms with Gasteiger partial charge in [0.25, 0.3) is 0 Å². The van der Waals surface area contributed by atoms with Gasteiger partial charge in [-0.05, 0) is 31.4 Å². The Morgan fingerprint density at radius 3 is 2.52 bits per heavy atom. The molecule has 0 unspecified atom stereocenters. The summed E-state index contributed by atoms with van der Waals surface area (Å²) in [4.78, 5) is 0. The SMILES string of the molecule is COCCCCOc1cc(OC)ccc1CNCC(C)C. The van der Waals surface area contributed by atoms with Crippen molar-refractivity contribution in [2.75, 3.05) is 34.0 Å². The zero-order chi connectivity index (χ0) is 15.5. The Hall–Kier alpha value is -1.26. The minimum Gasteiger partial charge on any atom is -0.497 e. The number of ether oxygens (including phenoxy) is 3. The van der Waals surface area contributed by atoms with Gasteiger partial charge in [0.15, 0.2) is 0 Å². The Morgan fingerprint density at radius 2 is 1.86 bits per heavy atom. The van der Waals surface area contributed by atoms with Crippen LogP contribution in [0.5, 0.6) is 11.5 Å². The molecule has 1 N–H and O–H groups in total. The van der Waals surface area contributed by atoms with Crippen LogP contribution >= 0.6 is 0 Å². The highest BCUT2D eigenvalue weighted by molar-refractivity contribution is 5.40. The highest BCUT2D eigenvalue weighted by Crippen LogP contribution is 2.25. The lowest BCUT2D eigenvalue weighted by Gasteiger charge is -2.14. The van der Waals surface area contributed by atoms with Gasteiger partial charge in [-0.15, -0.1) is 0 Å². The molecule has 4 nitrogen and oxygen atoms in total. The van der Waals surface area contributed by atoms with E-state index in [9.17, 15) is 0 Å². The minimum absolute atomic E-state index is 0.640. The van der Waals surface area contributed by atoms with Crippen LogP contribution in [-0.4, -0.2) is 34.0 Å². The molecular weight excluding hydrogens is 266 g/mol. The van der Waals surface area contributed by atoms with Gasteiger partial charge in [0.05, 0.1) is 13.7 Å². The summed E-state index contributed by atoms with van der Waals surface area (Å²) in [5, 5.41) is 3.45. The molecule has 0 saturated carbocycles. The Kier molecular flexibility index (Phi) is 8.87. The summed E-state index contributed by atoms with van der Waals surface area (Å²) in [5.74, 6) is 2.37. The molecule has 1 rings (SSSR count). The van der Waals surface area contributed by atoms with Gasteiger partial charge in [-0.2, -0.15) is 0 Å². The van der Waals surface area contributed by atoms with Gasteiger partial charge >= 0.3 is 0 Å². The van der Waals surface area contributed by atoms with E-state index in [2.05, 4.69) is 25.2 Å². The molecule has 0 aromatic heterocycles. The molecule has 0 radical (unpaired) electrons. The molecule has 1 aromatic carbocycles. The molecule has 0 atom stereocenters. The molecule has 0 bridgehead atoms. The molecule has 0 aliphatic carbocycles. The van der Waals surface area contributed by atoms with Gasteiger partial charge in [0.1, 0.15) is 11.5 Å². The normalized spacial score (nSPS) is 10.9. The summed E-state index contributed by atoms with van der Waals surface area (Å²) in [6.07, 6.45) is 2.01. The Bertz CT molecular complexity index is 394. The summed E-state index contributed by atoms with van der Waals surface area (Å²) in [7, 11) is 3.40. The Balaban J connectivity index is 2.55. The topological polar surface area (TPSA) is 39.7 Å². The maximum Gasteiger partial charge on any atom is 0.127 e. The fourth-order valence-corrected chi connectivity index (χ4v) is 1.97. The van der Waals surface area contributed by atoms with Crippen LogP contribution in [-0.2, 0) is 11.3 Å². The summed E-state index contributed by atoms with van der Waals surface area (Å²) >= 11 is 0. The first kappa shape index (κ1) is 17.8. The van der Waals surface area contributed by atoms with E-state index in [0.717, 1.165) is 44.0 Å². The van der Waals surface area contributed by atoms with Crippen LogP contribution in [0.2, 0.25) is 0 Å². The van der Waals surface area contributed by atoms with Gasteiger partial charge < -0.3 is 19.5 Å². The molecule has 0 saturated heterocycles. The number of unbranched alkanes of at least 4 members (excludes halogenated alkanes) is 1. The quantitative estimate of drug-likeness (QED) is 0.636. The zero-order valence-electron chi connectivity index (χ0n) is 13.8. The van der Waals surface area contributed by atoms with Crippen LogP contribution in [0.3, 0.4) is 0 Å². The average molecular weight is 295 g/mol. The zero-order valence-corrected chi connectivity index (χ0v) is 13.8. The molecule has 0 aliphatic rings. The number of benzene rings is 1. The van der Waals surface area contributed by atoms with Crippen LogP contribution in [0, 0.1) is 5.92 Å². The Labute approximate surface area is 128 Å². The standard InChI is InChI=1S/C17H29NO3/c1-14(2)12-18-13-15-7-8-16(20-4)11-17(15)21-10-6-5-9-19-3/h7-8,11,14,18H,5-6,9-10,12-13H2,1-4H3. The monoisotopic (exact) mass is 295 g/mol. The van der Waals surface area contributed by atoms with Gasteiger partial charge in [-0.25, -0.2) is 0 Å². The van der Waals surface area contributed by atoms with E-state index >= 15 is 0 Å². The van der Waals surface area contributed by atoms with E-state index in [1.165, 1.54) is 5.56 Å². The van der Waals surface area contributed by atoms with Gasteiger partial charge in [-0.1, -0.05) is 19.9 Å². The van der Waals surface area contributed by atoms with Crippen LogP contribution < -0.4 is 14.8 Å². The fourth-order valence-electron chi connectivity index (χ4n) is 1.97. The third kappa shape index (κ3) is 7.34. The summed E-state index contributed by atoms with van der Waals surface area (Å²) < 4.78 is 16.2. The van der Waals surface area contributed by atoms with Crippen molar-refractivity contribution < 1.29 is 14.2 Å². The maximum absolute atomic E-state index is 5.91. The van der Waals surface area contributed by atoms with Crippen molar-refractivity contribution in [3.8, 4) is 11.5 Å². The second-order valence-electron chi connectivity index (χ2n) is 5.55. The van der Waals surface area contributed by atoms with Crippen LogP contribution in [0.15, 0.2) is 18.2 Å². The molecule has 0 fully saturated rings. The molecule has 0 spiro atoms. The average Bonchev–Trinajstić information content (AvgIpc) is 2.47. The fraction of sp³-hybridized carbons (Fsp3) is 0.647. The highest BCUT2D eigenvalue weighted by atomic mass is 16.5. The highest BCUT2D eigenvalue weighted by Gasteiger charge is 2.06. The number of hydrogen-bond acceptors (Lipinski definition) is 4. The van der Waals surface area contributed by atoms with E-state index in [1.807, 2.05) is 12.1 Å². The minimum atomic E-state index is 0.640. The first-order valence-corrected chi connectivity index (χ1v) is 7.66. The van der Waals surface area contributed by atoms with E-state index < -0.39 is 0 Å². The summed E-state index contributed by atoms with van der Waals surface area (Å²) in [6, 6.07) is 6.00. The summed E-state index contributed by atoms with van der Waals surface area (Å²) in [5.41, 5.74) is 1.17. The molecule has 4 heteroatoms. The van der Waals surface area contributed by atoms with Crippen LogP contribution in [0.25, 0.3) is 0 Å². The van der Waals surface area contributed by atoms with Crippen molar-refractivity contribution in [1.29, 1.82) is 0 Å². The van der Waals surface area contributed by atoms with Crippen molar-refractivity contribution in [2.24, 2.45) is 5.92 Å². The Morgan fingerprint density at radius 1 is 1.10 bits per heavy atom. The summed E-state index contributed by atoms with van der Waals surface area (Å²) in [6.45, 7) is 7.70. The second kappa shape index (κ2) is 10.5. The number of methoxy groups -OCH3 is 2. The molecule has 21 heavy (non-hydrogen) atoms. The van der Waals surface area contributed by atoms with Gasteiger partial charge in [0, 0.05) is 31.9 Å². The lowest BCUT2D eigenvalue weighted by molar-refractivity contribution is 0.184. The van der Waals surface area contributed by atoms with E-state index in [-0.39, 0.29) is 0 Å². The first-order chi connectivity index (χ1) is 10.2. The lowest BCUT2D eigenvalue weighted by atomic mass is 10.1. The molecule has 0 aliphatic heterocycles. The molecule has 0 heterocycles. The number of rotatable bonds is 11. The smallest absolute Gasteiger partial charge is 0.127 e. The maximum atomic E-state index is 5.91. The van der Waals surface area contributed by atoms with Crippen molar-refractivity contribution in [1.82, 2.24) is 5.32 Å². The van der Waals surface area contributed by atoms with E-state index in [1.54, 1.807) is 14.2 Å². The van der Waals surface area contributed by atoms with E-state index in [4.69, 9.17) is 14.2 Å². The van der Waals surface area contributed by atoms with Gasteiger partial charge in [-0.3, -0.25) is 0 Å².